The number of rotatable bonds is 5. The van der Waals surface area contributed by atoms with Crippen LogP contribution in [0.4, 0.5) is 0 Å². The Morgan fingerprint density at radius 1 is 1.22 bits per heavy atom. The first-order valence-electron chi connectivity index (χ1n) is 8.05. The van der Waals surface area contributed by atoms with Crippen molar-refractivity contribution in [3.63, 3.8) is 0 Å². The van der Waals surface area contributed by atoms with Gasteiger partial charge in [-0.05, 0) is 12.5 Å². The molecule has 0 N–H and O–H groups in total. The smallest absolute Gasteiger partial charge is 0.239 e. The van der Waals surface area contributed by atoms with E-state index in [0.717, 1.165) is 25.1 Å². The molecule has 23 heavy (non-hydrogen) atoms. The maximum atomic E-state index is 12.6. The number of benzene rings is 1. The van der Waals surface area contributed by atoms with Gasteiger partial charge < -0.3 is 9.42 Å². The average Bonchev–Trinajstić information content (AvgIpc) is 3.03. The van der Waals surface area contributed by atoms with Gasteiger partial charge in [-0.25, -0.2) is 0 Å². The topological polar surface area (TPSA) is 62.5 Å². The Morgan fingerprint density at radius 2 is 2.00 bits per heavy atom. The number of carbonyl (C=O) groups is 1. The fraction of sp³-hybridized carbons (Fsp3) is 0.471. The van der Waals surface area contributed by atoms with E-state index in [1.54, 1.807) is 0 Å². The SMILES string of the molecule is CCc1nc(CN2CCN(Cc3ccccc3)C(=O)[C@H]2C)no1. The van der Waals surface area contributed by atoms with Crippen LogP contribution in [0.2, 0.25) is 0 Å². The van der Waals surface area contributed by atoms with Crippen molar-refractivity contribution < 1.29 is 9.32 Å². The van der Waals surface area contributed by atoms with Crippen LogP contribution in [0.1, 0.15) is 31.1 Å². The number of hydrogen-bond acceptors (Lipinski definition) is 5. The molecule has 0 radical (unpaired) electrons. The van der Waals surface area contributed by atoms with Gasteiger partial charge in [0.1, 0.15) is 0 Å². The molecule has 3 rings (SSSR count). The zero-order valence-electron chi connectivity index (χ0n) is 13.6. The molecule has 0 aliphatic carbocycles. The van der Waals surface area contributed by atoms with Crippen LogP contribution >= 0.6 is 0 Å². The van der Waals surface area contributed by atoms with E-state index in [2.05, 4.69) is 27.2 Å². The summed E-state index contributed by atoms with van der Waals surface area (Å²) >= 11 is 0. The van der Waals surface area contributed by atoms with Crippen molar-refractivity contribution in [1.29, 1.82) is 0 Å². The monoisotopic (exact) mass is 314 g/mol. The summed E-state index contributed by atoms with van der Waals surface area (Å²) in [6, 6.07) is 9.92. The summed E-state index contributed by atoms with van der Waals surface area (Å²) in [5.41, 5.74) is 1.16. The summed E-state index contributed by atoms with van der Waals surface area (Å²) in [4.78, 5) is 21.0. The van der Waals surface area contributed by atoms with Gasteiger partial charge in [-0.2, -0.15) is 4.98 Å². The molecule has 1 aliphatic rings. The van der Waals surface area contributed by atoms with Gasteiger partial charge in [-0.3, -0.25) is 9.69 Å². The van der Waals surface area contributed by atoms with Gasteiger partial charge in [-0.1, -0.05) is 42.4 Å². The standard InChI is InChI=1S/C17H22N4O2/c1-3-16-18-15(19-23-16)12-20-9-10-21(17(22)13(20)2)11-14-7-5-4-6-8-14/h4-8,13H,3,9-12H2,1-2H3/t13-/m1/s1. The van der Waals surface area contributed by atoms with Crippen LogP contribution in [0, 0.1) is 0 Å². The Hall–Kier alpha value is -2.21. The first-order chi connectivity index (χ1) is 11.2. The molecule has 1 aliphatic heterocycles. The number of piperazine rings is 1. The summed E-state index contributed by atoms with van der Waals surface area (Å²) in [6.45, 7) is 6.67. The van der Waals surface area contributed by atoms with Crippen LogP contribution in [0.3, 0.4) is 0 Å². The quantitative estimate of drug-likeness (QED) is 0.843. The Bertz CT molecular complexity index is 656. The molecule has 122 valence electrons. The molecule has 6 heteroatoms. The van der Waals surface area contributed by atoms with Crippen molar-refractivity contribution in [3.8, 4) is 0 Å². The summed E-state index contributed by atoms with van der Waals surface area (Å²) in [5, 5.41) is 3.97. The van der Waals surface area contributed by atoms with Crippen LogP contribution in [0.15, 0.2) is 34.9 Å². The molecule has 6 nitrogen and oxygen atoms in total. The molecule has 1 aromatic carbocycles. The van der Waals surface area contributed by atoms with Crippen molar-refractivity contribution in [3.05, 3.63) is 47.6 Å². The zero-order chi connectivity index (χ0) is 16.2. The normalized spacial score (nSPS) is 19.3. The predicted molar refractivity (Wildman–Crippen MR) is 85.4 cm³/mol. The van der Waals surface area contributed by atoms with E-state index < -0.39 is 0 Å². The number of aryl methyl sites for hydroxylation is 1. The fourth-order valence-corrected chi connectivity index (χ4v) is 2.83. The Morgan fingerprint density at radius 3 is 2.70 bits per heavy atom. The lowest BCUT2D eigenvalue weighted by molar-refractivity contribution is -0.142. The largest absolute Gasteiger partial charge is 0.339 e. The van der Waals surface area contributed by atoms with Gasteiger partial charge in [0, 0.05) is 26.1 Å². The molecular weight excluding hydrogens is 292 g/mol. The maximum Gasteiger partial charge on any atom is 0.239 e. The molecule has 0 saturated carbocycles. The summed E-state index contributed by atoms with van der Waals surface area (Å²) < 4.78 is 5.13. The van der Waals surface area contributed by atoms with E-state index in [0.29, 0.717) is 24.8 Å². The number of nitrogens with zero attached hydrogens (tertiary/aromatic N) is 4. The van der Waals surface area contributed by atoms with Gasteiger partial charge in [-0.15, -0.1) is 0 Å². The van der Waals surface area contributed by atoms with Crippen molar-refractivity contribution >= 4 is 5.91 Å². The molecule has 1 atom stereocenters. The summed E-state index contributed by atoms with van der Waals surface area (Å²) in [5.74, 6) is 1.44. The molecule has 1 saturated heterocycles. The average molecular weight is 314 g/mol. The van der Waals surface area contributed by atoms with E-state index in [9.17, 15) is 4.79 Å². The lowest BCUT2D eigenvalue weighted by Gasteiger charge is -2.38. The van der Waals surface area contributed by atoms with Crippen molar-refractivity contribution in [2.45, 2.75) is 39.4 Å². The molecular formula is C17H22N4O2. The Balaban J connectivity index is 1.61. The maximum absolute atomic E-state index is 12.6. The van der Waals surface area contributed by atoms with Crippen LogP contribution in [-0.4, -0.2) is 45.0 Å². The minimum atomic E-state index is -0.170. The zero-order valence-corrected chi connectivity index (χ0v) is 13.6. The number of carbonyl (C=O) groups excluding carboxylic acids is 1. The number of amides is 1. The lowest BCUT2D eigenvalue weighted by Crippen LogP contribution is -2.55. The van der Waals surface area contributed by atoms with Crippen molar-refractivity contribution in [1.82, 2.24) is 19.9 Å². The van der Waals surface area contributed by atoms with Gasteiger partial charge >= 0.3 is 0 Å². The van der Waals surface area contributed by atoms with Crippen LogP contribution < -0.4 is 0 Å². The second kappa shape index (κ2) is 6.91. The van der Waals surface area contributed by atoms with Crippen LogP contribution in [0.5, 0.6) is 0 Å². The summed E-state index contributed by atoms with van der Waals surface area (Å²) in [6.07, 6.45) is 0.729. The Kier molecular flexibility index (Phi) is 4.71. The van der Waals surface area contributed by atoms with E-state index in [4.69, 9.17) is 4.52 Å². The minimum absolute atomic E-state index is 0.152. The van der Waals surface area contributed by atoms with E-state index in [1.165, 1.54) is 0 Å². The van der Waals surface area contributed by atoms with E-state index in [1.807, 2.05) is 36.9 Å². The molecule has 1 amide bonds. The van der Waals surface area contributed by atoms with Crippen LogP contribution in [0.25, 0.3) is 0 Å². The van der Waals surface area contributed by atoms with Crippen LogP contribution in [-0.2, 0) is 24.3 Å². The minimum Gasteiger partial charge on any atom is -0.339 e. The van der Waals surface area contributed by atoms with Gasteiger partial charge in [0.05, 0.1) is 12.6 Å². The Labute approximate surface area is 136 Å². The highest BCUT2D eigenvalue weighted by Crippen LogP contribution is 2.16. The molecule has 0 bridgehead atoms. The highest BCUT2D eigenvalue weighted by molar-refractivity contribution is 5.82. The van der Waals surface area contributed by atoms with Gasteiger partial charge in [0.25, 0.3) is 0 Å². The highest BCUT2D eigenvalue weighted by atomic mass is 16.5. The molecule has 0 unspecified atom stereocenters. The molecule has 2 aromatic rings. The number of hydrogen-bond donors (Lipinski definition) is 0. The highest BCUT2D eigenvalue weighted by Gasteiger charge is 2.32. The molecule has 1 fully saturated rings. The summed E-state index contributed by atoms with van der Waals surface area (Å²) in [7, 11) is 0. The van der Waals surface area contributed by atoms with Gasteiger partial charge in [0.2, 0.25) is 11.8 Å². The number of aromatic nitrogens is 2. The third-order valence-corrected chi connectivity index (χ3v) is 4.25. The predicted octanol–water partition coefficient (Wildman–Crippen LogP) is 1.86. The molecule has 0 spiro atoms. The van der Waals surface area contributed by atoms with Gasteiger partial charge in [0.15, 0.2) is 5.82 Å². The lowest BCUT2D eigenvalue weighted by atomic mass is 10.1. The van der Waals surface area contributed by atoms with Crippen molar-refractivity contribution in [2.24, 2.45) is 0 Å². The van der Waals surface area contributed by atoms with E-state index >= 15 is 0 Å². The van der Waals surface area contributed by atoms with Crippen molar-refractivity contribution in [2.75, 3.05) is 13.1 Å². The molecule has 2 heterocycles. The molecule has 1 aromatic heterocycles. The fourth-order valence-electron chi connectivity index (χ4n) is 2.83. The first-order valence-corrected chi connectivity index (χ1v) is 8.05. The third-order valence-electron chi connectivity index (χ3n) is 4.25. The second-order valence-electron chi connectivity index (χ2n) is 5.85. The third kappa shape index (κ3) is 3.59. The first kappa shape index (κ1) is 15.7. The van der Waals surface area contributed by atoms with E-state index in [-0.39, 0.29) is 11.9 Å². The second-order valence-corrected chi connectivity index (χ2v) is 5.85.